The van der Waals surface area contributed by atoms with E-state index in [4.69, 9.17) is 0 Å². The number of benzene rings is 1. The van der Waals surface area contributed by atoms with Crippen LogP contribution in [0.25, 0.3) is 0 Å². The molecule has 19 heavy (non-hydrogen) atoms. The van der Waals surface area contributed by atoms with Crippen molar-refractivity contribution in [2.45, 2.75) is 38.3 Å². The lowest BCUT2D eigenvalue weighted by molar-refractivity contribution is 0.271. The minimum atomic E-state index is 0.557. The number of hydrogen-bond donors (Lipinski definition) is 1. The summed E-state index contributed by atoms with van der Waals surface area (Å²) >= 11 is 3.76. The lowest BCUT2D eigenvalue weighted by Crippen LogP contribution is -2.29. The molecule has 1 heterocycles. The first-order valence-electron chi connectivity index (χ1n) is 7.35. The molecule has 104 valence electrons. The molecule has 1 aromatic rings. The Morgan fingerprint density at radius 1 is 1.32 bits per heavy atom. The number of aryl methyl sites for hydroxylation is 1. The third kappa shape index (κ3) is 3.04. The SMILES string of the molecule is Cc1ccc(C2C(CNC3CC3)CCN2C)c(Br)c1. The van der Waals surface area contributed by atoms with Gasteiger partial charge in [-0.25, -0.2) is 0 Å². The average Bonchev–Trinajstić information content (AvgIpc) is 3.12. The minimum absolute atomic E-state index is 0.557. The number of nitrogens with zero attached hydrogens (tertiary/aromatic N) is 1. The van der Waals surface area contributed by atoms with Gasteiger partial charge in [0.25, 0.3) is 0 Å². The Labute approximate surface area is 124 Å². The molecule has 0 radical (unpaired) electrons. The van der Waals surface area contributed by atoms with Gasteiger partial charge in [-0.3, -0.25) is 4.90 Å². The van der Waals surface area contributed by atoms with Gasteiger partial charge in [-0.1, -0.05) is 28.1 Å². The van der Waals surface area contributed by atoms with Crippen LogP contribution in [0.1, 0.15) is 36.4 Å². The first-order chi connectivity index (χ1) is 9.15. The number of nitrogens with one attached hydrogen (secondary N) is 1. The van der Waals surface area contributed by atoms with Crippen LogP contribution in [0.2, 0.25) is 0 Å². The van der Waals surface area contributed by atoms with Crippen molar-refractivity contribution in [3.05, 3.63) is 33.8 Å². The van der Waals surface area contributed by atoms with Crippen LogP contribution >= 0.6 is 15.9 Å². The lowest BCUT2D eigenvalue weighted by atomic mass is 9.93. The summed E-state index contributed by atoms with van der Waals surface area (Å²) in [6, 6.07) is 8.15. The van der Waals surface area contributed by atoms with Crippen molar-refractivity contribution in [3.8, 4) is 0 Å². The van der Waals surface area contributed by atoms with Crippen molar-refractivity contribution in [2.75, 3.05) is 20.1 Å². The van der Waals surface area contributed by atoms with Crippen molar-refractivity contribution < 1.29 is 0 Å². The molecule has 1 saturated heterocycles. The molecule has 1 aromatic carbocycles. The zero-order valence-electron chi connectivity index (χ0n) is 11.8. The molecular formula is C16H23BrN2. The highest BCUT2D eigenvalue weighted by molar-refractivity contribution is 9.10. The van der Waals surface area contributed by atoms with Crippen LogP contribution in [0.5, 0.6) is 0 Å². The number of rotatable bonds is 4. The van der Waals surface area contributed by atoms with Crippen molar-refractivity contribution in [1.82, 2.24) is 10.2 Å². The quantitative estimate of drug-likeness (QED) is 0.912. The van der Waals surface area contributed by atoms with Gasteiger partial charge in [0.1, 0.15) is 0 Å². The summed E-state index contributed by atoms with van der Waals surface area (Å²) in [5.74, 6) is 0.740. The molecule has 2 aliphatic rings. The van der Waals surface area contributed by atoms with Gasteiger partial charge in [0.15, 0.2) is 0 Å². The molecule has 3 rings (SSSR count). The number of halogens is 1. The molecule has 2 fully saturated rings. The highest BCUT2D eigenvalue weighted by atomic mass is 79.9. The van der Waals surface area contributed by atoms with E-state index in [0.717, 1.165) is 12.0 Å². The van der Waals surface area contributed by atoms with Crippen molar-refractivity contribution in [2.24, 2.45) is 5.92 Å². The molecule has 1 aliphatic carbocycles. The fourth-order valence-electron chi connectivity index (χ4n) is 3.21. The van der Waals surface area contributed by atoms with E-state index in [0.29, 0.717) is 6.04 Å². The van der Waals surface area contributed by atoms with Crippen LogP contribution < -0.4 is 5.32 Å². The Morgan fingerprint density at radius 3 is 2.79 bits per heavy atom. The average molecular weight is 323 g/mol. The summed E-state index contributed by atoms with van der Waals surface area (Å²) in [6.07, 6.45) is 4.06. The summed E-state index contributed by atoms with van der Waals surface area (Å²) in [4.78, 5) is 2.51. The van der Waals surface area contributed by atoms with Gasteiger partial charge in [-0.05, 0) is 62.9 Å². The van der Waals surface area contributed by atoms with Crippen LogP contribution in [0.15, 0.2) is 22.7 Å². The molecule has 1 saturated carbocycles. The van der Waals surface area contributed by atoms with Crippen molar-refractivity contribution in [1.29, 1.82) is 0 Å². The van der Waals surface area contributed by atoms with Crippen molar-refractivity contribution in [3.63, 3.8) is 0 Å². The van der Waals surface area contributed by atoms with Gasteiger partial charge < -0.3 is 5.32 Å². The van der Waals surface area contributed by atoms with Crippen LogP contribution in [-0.4, -0.2) is 31.1 Å². The number of hydrogen-bond acceptors (Lipinski definition) is 2. The highest BCUT2D eigenvalue weighted by Crippen LogP contribution is 2.39. The minimum Gasteiger partial charge on any atom is -0.314 e. The molecule has 2 nitrogen and oxygen atoms in total. The molecular weight excluding hydrogens is 300 g/mol. The summed E-state index contributed by atoms with van der Waals surface area (Å²) in [6.45, 7) is 4.53. The fourth-order valence-corrected chi connectivity index (χ4v) is 3.94. The Balaban J connectivity index is 1.77. The molecule has 0 amide bonds. The Kier molecular flexibility index (Phi) is 3.97. The van der Waals surface area contributed by atoms with Gasteiger partial charge in [-0.15, -0.1) is 0 Å². The summed E-state index contributed by atoms with van der Waals surface area (Å²) < 4.78 is 1.27. The zero-order chi connectivity index (χ0) is 13.4. The lowest BCUT2D eigenvalue weighted by Gasteiger charge is -2.27. The fraction of sp³-hybridized carbons (Fsp3) is 0.625. The molecule has 2 unspecified atom stereocenters. The van der Waals surface area contributed by atoms with Crippen LogP contribution in [-0.2, 0) is 0 Å². The van der Waals surface area contributed by atoms with Crippen LogP contribution in [0.3, 0.4) is 0 Å². The van der Waals surface area contributed by atoms with Crippen LogP contribution in [0, 0.1) is 12.8 Å². The largest absolute Gasteiger partial charge is 0.314 e. The van der Waals surface area contributed by atoms with E-state index in [1.54, 1.807) is 0 Å². The predicted octanol–water partition coefficient (Wildman–Crippen LogP) is 3.50. The second-order valence-electron chi connectivity index (χ2n) is 6.18. The maximum atomic E-state index is 3.76. The molecule has 0 bridgehead atoms. The van der Waals surface area contributed by atoms with E-state index in [1.165, 1.54) is 48.0 Å². The molecule has 1 aliphatic heterocycles. The van der Waals surface area contributed by atoms with Crippen LogP contribution in [0.4, 0.5) is 0 Å². The Bertz CT molecular complexity index is 456. The first-order valence-corrected chi connectivity index (χ1v) is 8.14. The van der Waals surface area contributed by atoms with E-state index in [1.807, 2.05) is 0 Å². The standard InChI is InChI=1S/C16H23BrN2/c1-11-3-6-14(15(17)9-11)16-12(7-8-19(16)2)10-18-13-4-5-13/h3,6,9,12-13,16,18H,4-5,7-8,10H2,1-2H3. The van der Waals surface area contributed by atoms with Gasteiger partial charge in [-0.2, -0.15) is 0 Å². The van der Waals surface area contributed by atoms with Gasteiger partial charge in [0.05, 0.1) is 0 Å². The first kappa shape index (κ1) is 13.6. The summed E-state index contributed by atoms with van der Waals surface area (Å²) in [5, 5.41) is 3.71. The van der Waals surface area contributed by atoms with E-state index < -0.39 is 0 Å². The third-order valence-corrected chi connectivity index (χ3v) is 5.18. The topological polar surface area (TPSA) is 15.3 Å². The van der Waals surface area contributed by atoms with Gasteiger partial charge in [0.2, 0.25) is 0 Å². The number of likely N-dealkylation sites (tertiary alicyclic amines) is 1. The van der Waals surface area contributed by atoms with E-state index >= 15 is 0 Å². The molecule has 2 atom stereocenters. The van der Waals surface area contributed by atoms with E-state index in [9.17, 15) is 0 Å². The summed E-state index contributed by atoms with van der Waals surface area (Å²) in [5.41, 5.74) is 2.78. The van der Waals surface area contributed by atoms with Gasteiger partial charge in [0, 0.05) is 23.1 Å². The second kappa shape index (κ2) is 5.55. The second-order valence-corrected chi connectivity index (χ2v) is 7.04. The molecule has 1 N–H and O–H groups in total. The maximum absolute atomic E-state index is 3.76. The predicted molar refractivity (Wildman–Crippen MR) is 83.4 cm³/mol. The third-order valence-electron chi connectivity index (χ3n) is 4.49. The zero-order valence-corrected chi connectivity index (χ0v) is 13.4. The smallest absolute Gasteiger partial charge is 0.0397 e. The molecule has 0 aromatic heterocycles. The van der Waals surface area contributed by atoms with Crippen molar-refractivity contribution >= 4 is 15.9 Å². The van der Waals surface area contributed by atoms with E-state index in [2.05, 4.69) is 58.3 Å². The highest BCUT2D eigenvalue weighted by Gasteiger charge is 2.35. The van der Waals surface area contributed by atoms with E-state index in [-0.39, 0.29) is 0 Å². The molecule has 3 heteroatoms. The Morgan fingerprint density at radius 2 is 2.11 bits per heavy atom. The molecule has 0 spiro atoms. The van der Waals surface area contributed by atoms with Gasteiger partial charge >= 0.3 is 0 Å². The monoisotopic (exact) mass is 322 g/mol. The maximum Gasteiger partial charge on any atom is 0.0397 e. The summed E-state index contributed by atoms with van der Waals surface area (Å²) in [7, 11) is 2.26. The Hall–Kier alpha value is -0.380. The normalized spacial score (nSPS) is 27.9.